The Morgan fingerprint density at radius 1 is 1.32 bits per heavy atom. The summed E-state index contributed by atoms with van der Waals surface area (Å²) in [6.45, 7) is 4.52. The first-order valence-electron chi connectivity index (χ1n) is 5.99. The fourth-order valence-corrected chi connectivity index (χ4v) is 2.24. The predicted octanol–water partition coefficient (Wildman–Crippen LogP) is 2.36. The molecule has 1 aromatic rings. The van der Waals surface area contributed by atoms with E-state index >= 15 is 0 Å². The molecule has 0 radical (unpaired) electrons. The highest BCUT2D eigenvalue weighted by atomic mass is 79.9. The number of hydrogen-bond donors (Lipinski definition) is 0. The lowest BCUT2D eigenvalue weighted by atomic mass is 10.2. The van der Waals surface area contributed by atoms with E-state index in [9.17, 15) is 4.79 Å². The van der Waals surface area contributed by atoms with Crippen molar-refractivity contribution < 1.29 is 14.3 Å². The number of halogens is 2. The maximum Gasteiger partial charge on any atom is 0.339 e. The maximum atomic E-state index is 11.8. The second-order valence-electron chi connectivity index (χ2n) is 4.07. The average molecular weight is 351 g/mol. The molecule has 0 unspecified atom stereocenters. The molecule has 0 atom stereocenters. The molecule has 19 heavy (non-hydrogen) atoms. The monoisotopic (exact) mass is 349 g/mol. The lowest BCUT2D eigenvalue weighted by Crippen LogP contribution is -2.38. The molecule has 0 aliphatic carbocycles. The van der Waals surface area contributed by atoms with Crippen LogP contribution in [0.15, 0.2) is 28.7 Å². The lowest BCUT2D eigenvalue weighted by Gasteiger charge is -2.26. The maximum absolute atomic E-state index is 11.8. The van der Waals surface area contributed by atoms with E-state index in [4.69, 9.17) is 9.47 Å². The molecule has 1 aliphatic rings. The number of nitrogens with zero attached hydrogens (tertiary/aromatic N) is 1. The molecule has 0 aromatic heterocycles. The Morgan fingerprint density at radius 2 is 2.00 bits per heavy atom. The Kier molecular flexibility index (Phi) is 7.38. The minimum atomic E-state index is -0.282. The van der Waals surface area contributed by atoms with Gasteiger partial charge in [0.25, 0.3) is 0 Å². The van der Waals surface area contributed by atoms with Gasteiger partial charge in [-0.25, -0.2) is 4.79 Å². The Morgan fingerprint density at radius 3 is 2.68 bits per heavy atom. The molecule has 0 spiro atoms. The van der Waals surface area contributed by atoms with Crippen LogP contribution in [0, 0.1) is 0 Å². The van der Waals surface area contributed by atoms with Crippen molar-refractivity contribution in [3.05, 3.63) is 34.3 Å². The van der Waals surface area contributed by atoms with E-state index in [0.717, 1.165) is 37.3 Å². The summed E-state index contributed by atoms with van der Waals surface area (Å²) in [4.78, 5) is 14.0. The van der Waals surface area contributed by atoms with E-state index in [1.165, 1.54) is 0 Å². The highest BCUT2D eigenvalue weighted by molar-refractivity contribution is 9.10. The molecule has 0 amide bonds. The third-order valence-corrected chi connectivity index (χ3v) is 3.53. The van der Waals surface area contributed by atoms with Crippen LogP contribution in [0.2, 0.25) is 0 Å². The molecule has 1 fully saturated rings. The van der Waals surface area contributed by atoms with Crippen molar-refractivity contribution in [2.45, 2.75) is 0 Å². The van der Waals surface area contributed by atoms with Gasteiger partial charge in [0.05, 0.1) is 18.8 Å². The number of rotatable bonds is 4. The number of carbonyl (C=O) groups excluding carboxylic acids is 1. The third-order valence-electron chi connectivity index (χ3n) is 2.84. The third kappa shape index (κ3) is 5.10. The molecular formula is C13H17BrClNO3. The number of esters is 1. The first-order chi connectivity index (χ1) is 8.77. The molecular weight excluding hydrogens is 334 g/mol. The quantitative estimate of drug-likeness (QED) is 0.782. The standard InChI is InChI=1S/C13H16BrNO3.ClH/c14-12-4-2-1-3-11(12)13(16)18-10-7-15-5-8-17-9-6-15;/h1-4H,5-10H2;1H. The molecule has 1 aromatic carbocycles. The van der Waals surface area contributed by atoms with Gasteiger partial charge in [-0.05, 0) is 28.1 Å². The average Bonchev–Trinajstić information content (AvgIpc) is 2.40. The smallest absolute Gasteiger partial charge is 0.339 e. The molecule has 1 heterocycles. The summed E-state index contributed by atoms with van der Waals surface area (Å²) in [5.41, 5.74) is 0.569. The summed E-state index contributed by atoms with van der Waals surface area (Å²) in [7, 11) is 0. The van der Waals surface area contributed by atoms with Crippen LogP contribution in [0.25, 0.3) is 0 Å². The van der Waals surface area contributed by atoms with Crippen molar-refractivity contribution in [2.75, 3.05) is 39.5 Å². The van der Waals surface area contributed by atoms with E-state index in [2.05, 4.69) is 20.8 Å². The van der Waals surface area contributed by atoms with Gasteiger partial charge in [-0.2, -0.15) is 0 Å². The summed E-state index contributed by atoms with van der Waals surface area (Å²) in [6, 6.07) is 7.28. The minimum Gasteiger partial charge on any atom is -0.461 e. The van der Waals surface area contributed by atoms with E-state index in [-0.39, 0.29) is 18.4 Å². The van der Waals surface area contributed by atoms with Crippen LogP contribution in [0.3, 0.4) is 0 Å². The van der Waals surface area contributed by atoms with Crippen LogP contribution in [-0.2, 0) is 9.47 Å². The summed E-state index contributed by atoms with van der Waals surface area (Å²) in [5, 5.41) is 0. The Balaban J connectivity index is 0.00000180. The summed E-state index contributed by atoms with van der Waals surface area (Å²) in [5.74, 6) is -0.282. The van der Waals surface area contributed by atoms with Gasteiger partial charge >= 0.3 is 5.97 Å². The fourth-order valence-electron chi connectivity index (χ4n) is 1.80. The second-order valence-corrected chi connectivity index (χ2v) is 4.92. The summed E-state index contributed by atoms with van der Waals surface area (Å²) >= 11 is 3.34. The van der Waals surface area contributed by atoms with E-state index in [1.807, 2.05) is 18.2 Å². The molecule has 1 aliphatic heterocycles. The van der Waals surface area contributed by atoms with Gasteiger partial charge in [0.2, 0.25) is 0 Å². The number of hydrogen-bond acceptors (Lipinski definition) is 4. The van der Waals surface area contributed by atoms with Gasteiger partial charge in [0, 0.05) is 24.1 Å². The van der Waals surface area contributed by atoms with Gasteiger partial charge in [-0.3, -0.25) is 4.90 Å². The van der Waals surface area contributed by atoms with Crippen LogP contribution >= 0.6 is 28.3 Å². The van der Waals surface area contributed by atoms with Crippen molar-refractivity contribution in [1.82, 2.24) is 4.90 Å². The molecule has 1 saturated heterocycles. The zero-order valence-electron chi connectivity index (χ0n) is 10.5. The Bertz CT molecular complexity index is 411. The SMILES string of the molecule is Cl.O=C(OCCN1CCOCC1)c1ccccc1Br. The van der Waals surface area contributed by atoms with Crippen LogP contribution in [-0.4, -0.2) is 50.3 Å². The van der Waals surface area contributed by atoms with Gasteiger partial charge in [-0.1, -0.05) is 12.1 Å². The Hall–Kier alpha value is -0.620. The molecule has 4 nitrogen and oxygen atoms in total. The highest BCUT2D eigenvalue weighted by Crippen LogP contribution is 2.16. The van der Waals surface area contributed by atoms with E-state index in [1.54, 1.807) is 6.07 Å². The highest BCUT2D eigenvalue weighted by Gasteiger charge is 2.13. The van der Waals surface area contributed by atoms with Gasteiger partial charge in [0.15, 0.2) is 0 Å². The van der Waals surface area contributed by atoms with Crippen molar-refractivity contribution >= 4 is 34.3 Å². The van der Waals surface area contributed by atoms with Gasteiger partial charge < -0.3 is 9.47 Å². The number of morpholine rings is 1. The fraction of sp³-hybridized carbons (Fsp3) is 0.462. The molecule has 0 bridgehead atoms. The van der Waals surface area contributed by atoms with Crippen LogP contribution < -0.4 is 0 Å². The zero-order chi connectivity index (χ0) is 12.8. The molecule has 2 rings (SSSR count). The minimum absolute atomic E-state index is 0. The Labute approximate surface area is 127 Å². The normalized spacial score (nSPS) is 15.6. The van der Waals surface area contributed by atoms with Crippen LogP contribution in [0.4, 0.5) is 0 Å². The van der Waals surface area contributed by atoms with Gasteiger partial charge in [0.1, 0.15) is 6.61 Å². The summed E-state index contributed by atoms with van der Waals surface area (Å²) < 4.78 is 11.3. The molecule has 6 heteroatoms. The van der Waals surface area contributed by atoms with Crippen molar-refractivity contribution in [1.29, 1.82) is 0 Å². The molecule has 0 N–H and O–H groups in total. The lowest BCUT2D eigenvalue weighted by molar-refractivity contribution is 0.0195. The van der Waals surface area contributed by atoms with E-state index in [0.29, 0.717) is 12.2 Å². The van der Waals surface area contributed by atoms with Crippen LogP contribution in [0.1, 0.15) is 10.4 Å². The van der Waals surface area contributed by atoms with Crippen molar-refractivity contribution in [3.63, 3.8) is 0 Å². The largest absolute Gasteiger partial charge is 0.461 e. The first kappa shape index (κ1) is 16.4. The van der Waals surface area contributed by atoms with Crippen LogP contribution in [0.5, 0.6) is 0 Å². The van der Waals surface area contributed by atoms with Crippen molar-refractivity contribution in [3.8, 4) is 0 Å². The topological polar surface area (TPSA) is 38.8 Å². The van der Waals surface area contributed by atoms with E-state index < -0.39 is 0 Å². The zero-order valence-corrected chi connectivity index (χ0v) is 12.9. The number of ether oxygens (including phenoxy) is 2. The number of carbonyl (C=O) groups is 1. The number of benzene rings is 1. The molecule has 0 saturated carbocycles. The van der Waals surface area contributed by atoms with Crippen molar-refractivity contribution in [2.24, 2.45) is 0 Å². The van der Waals surface area contributed by atoms with Gasteiger partial charge in [-0.15, -0.1) is 12.4 Å². The summed E-state index contributed by atoms with van der Waals surface area (Å²) in [6.07, 6.45) is 0. The first-order valence-corrected chi connectivity index (χ1v) is 6.78. The predicted molar refractivity (Wildman–Crippen MR) is 78.9 cm³/mol. The molecule has 106 valence electrons. The second kappa shape index (κ2) is 8.53.